The van der Waals surface area contributed by atoms with E-state index >= 15 is 0 Å². The van der Waals surface area contributed by atoms with E-state index < -0.39 is 0 Å². The fourth-order valence-electron chi connectivity index (χ4n) is 2.02. The molecule has 0 unspecified atom stereocenters. The summed E-state index contributed by atoms with van der Waals surface area (Å²) in [5.74, 6) is 0. The summed E-state index contributed by atoms with van der Waals surface area (Å²) in [6, 6.07) is 18.0. The molecule has 0 saturated carbocycles. The molecular formula is C16H12N2O. The van der Waals surface area contributed by atoms with Gasteiger partial charge in [-0.2, -0.15) is 0 Å². The number of aromatic amines is 1. The summed E-state index contributed by atoms with van der Waals surface area (Å²) in [6.45, 7) is 0. The molecule has 0 spiro atoms. The van der Waals surface area contributed by atoms with Crippen molar-refractivity contribution in [2.24, 2.45) is 0 Å². The minimum absolute atomic E-state index is 0.123. The summed E-state index contributed by atoms with van der Waals surface area (Å²) in [7, 11) is 0. The van der Waals surface area contributed by atoms with E-state index in [9.17, 15) is 4.79 Å². The van der Waals surface area contributed by atoms with Crippen LogP contribution in [-0.4, -0.2) is 9.97 Å². The summed E-state index contributed by atoms with van der Waals surface area (Å²) >= 11 is 0. The molecule has 2 aromatic carbocycles. The van der Waals surface area contributed by atoms with E-state index in [1.54, 1.807) is 6.20 Å². The van der Waals surface area contributed by atoms with Gasteiger partial charge in [0.1, 0.15) is 0 Å². The number of nitrogens with zero attached hydrogens (tertiary/aromatic N) is 1. The lowest BCUT2D eigenvalue weighted by Gasteiger charge is -2.03. The summed E-state index contributed by atoms with van der Waals surface area (Å²) in [4.78, 5) is 18.2. The SMILES string of the molecule is O=c1[nH]cncc1-c1ccc(-c2ccccc2)cc1. The first kappa shape index (κ1) is 11.4. The Morgan fingerprint density at radius 2 is 1.42 bits per heavy atom. The van der Waals surface area contributed by atoms with Crippen LogP contribution in [0.4, 0.5) is 0 Å². The molecule has 0 saturated heterocycles. The number of aromatic nitrogens is 2. The predicted molar refractivity (Wildman–Crippen MR) is 75.7 cm³/mol. The maximum Gasteiger partial charge on any atom is 0.258 e. The average molecular weight is 248 g/mol. The van der Waals surface area contributed by atoms with Crippen molar-refractivity contribution in [3.8, 4) is 22.3 Å². The Labute approximate surface area is 110 Å². The van der Waals surface area contributed by atoms with Crippen LogP contribution < -0.4 is 5.56 Å². The van der Waals surface area contributed by atoms with Gasteiger partial charge in [-0.05, 0) is 16.7 Å². The first-order valence-electron chi connectivity index (χ1n) is 6.03. The van der Waals surface area contributed by atoms with Crippen LogP contribution in [0.5, 0.6) is 0 Å². The minimum Gasteiger partial charge on any atom is -0.313 e. The molecule has 19 heavy (non-hydrogen) atoms. The molecular weight excluding hydrogens is 236 g/mol. The van der Waals surface area contributed by atoms with Gasteiger partial charge in [0.15, 0.2) is 0 Å². The van der Waals surface area contributed by atoms with Crippen molar-refractivity contribution >= 4 is 0 Å². The second-order valence-corrected chi connectivity index (χ2v) is 4.24. The number of rotatable bonds is 2. The zero-order valence-corrected chi connectivity index (χ0v) is 10.2. The lowest BCUT2D eigenvalue weighted by atomic mass is 10.0. The van der Waals surface area contributed by atoms with Crippen LogP contribution in [0.15, 0.2) is 71.9 Å². The van der Waals surface area contributed by atoms with Crippen LogP contribution >= 0.6 is 0 Å². The van der Waals surface area contributed by atoms with E-state index in [0.717, 1.165) is 16.7 Å². The lowest BCUT2D eigenvalue weighted by molar-refractivity contribution is 1.12. The number of H-pyrrole nitrogens is 1. The average Bonchev–Trinajstić information content (AvgIpc) is 2.49. The number of benzene rings is 2. The molecule has 0 amide bonds. The smallest absolute Gasteiger partial charge is 0.258 e. The standard InChI is InChI=1S/C16H12N2O/c19-16-15(10-17-11-18-16)14-8-6-13(7-9-14)12-4-2-1-3-5-12/h1-11H,(H,17,18,19). The van der Waals surface area contributed by atoms with Crippen molar-refractivity contribution in [2.45, 2.75) is 0 Å². The van der Waals surface area contributed by atoms with Crippen molar-refractivity contribution in [1.29, 1.82) is 0 Å². The highest BCUT2D eigenvalue weighted by atomic mass is 16.1. The van der Waals surface area contributed by atoms with E-state index in [0.29, 0.717) is 5.56 Å². The molecule has 0 bridgehead atoms. The lowest BCUT2D eigenvalue weighted by Crippen LogP contribution is -2.08. The molecule has 1 aromatic heterocycles. The van der Waals surface area contributed by atoms with Gasteiger partial charge in [0.25, 0.3) is 5.56 Å². The van der Waals surface area contributed by atoms with Gasteiger partial charge in [-0.3, -0.25) is 4.79 Å². The van der Waals surface area contributed by atoms with Crippen LogP contribution in [0, 0.1) is 0 Å². The second kappa shape index (κ2) is 4.90. The van der Waals surface area contributed by atoms with Gasteiger partial charge in [-0.25, -0.2) is 4.98 Å². The largest absolute Gasteiger partial charge is 0.313 e. The summed E-state index contributed by atoms with van der Waals surface area (Å²) in [5, 5.41) is 0. The summed E-state index contributed by atoms with van der Waals surface area (Å²) in [5.41, 5.74) is 3.62. The van der Waals surface area contributed by atoms with Gasteiger partial charge >= 0.3 is 0 Å². The van der Waals surface area contributed by atoms with E-state index in [2.05, 4.69) is 22.1 Å². The highest BCUT2D eigenvalue weighted by Crippen LogP contribution is 2.22. The Morgan fingerprint density at radius 3 is 2.11 bits per heavy atom. The molecule has 1 heterocycles. The third kappa shape index (κ3) is 2.31. The number of nitrogens with one attached hydrogen (secondary N) is 1. The molecule has 0 aliphatic heterocycles. The van der Waals surface area contributed by atoms with Crippen molar-refractivity contribution < 1.29 is 0 Å². The minimum atomic E-state index is -0.123. The van der Waals surface area contributed by atoms with Gasteiger partial charge in [-0.15, -0.1) is 0 Å². The van der Waals surface area contributed by atoms with Crippen molar-refractivity contribution in [2.75, 3.05) is 0 Å². The zero-order chi connectivity index (χ0) is 13.1. The van der Waals surface area contributed by atoms with E-state index in [1.165, 1.54) is 6.33 Å². The molecule has 0 radical (unpaired) electrons. The molecule has 1 N–H and O–H groups in total. The summed E-state index contributed by atoms with van der Waals surface area (Å²) < 4.78 is 0. The first-order chi connectivity index (χ1) is 9.34. The Balaban J connectivity index is 2.01. The van der Waals surface area contributed by atoms with Gasteiger partial charge in [-0.1, -0.05) is 54.6 Å². The predicted octanol–water partition coefficient (Wildman–Crippen LogP) is 3.10. The van der Waals surface area contributed by atoms with Crippen LogP contribution in [0.2, 0.25) is 0 Å². The maximum absolute atomic E-state index is 11.7. The first-order valence-corrected chi connectivity index (χ1v) is 6.03. The normalized spacial score (nSPS) is 10.3. The van der Waals surface area contributed by atoms with Crippen molar-refractivity contribution in [1.82, 2.24) is 9.97 Å². The number of hydrogen-bond acceptors (Lipinski definition) is 2. The van der Waals surface area contributed by atoms with Crippen LogP contribution in [0.3, 0.4) is 0 Å². The Bertz CT molecular complexity index is 730. The fourth-order valence-corrected chi connectivity index (χ4v) is 2.02. The topological polar surface area (TPSA) is 45.8 Å². The molecule has 3 nitrogen and oxygen atoms in total. The molecule has 3 rings (SSSR count). The van der Waals surface area contributed by atoms with E-state index in [1.807, 2.05) is 42.5 Å². The van der Waals surface area contributed by atoms with Gasteiger partial charge < -0.3 is 4.98 Å². The molecule has 0 atom stereocenters. The second-order valence-electron chi connectivity index (χ2n) is 4.24. The highest BCUT2D eigenvalue weighted by molar-refractivity contribution is 5.69. The van der Waals surface area contributed by atoms with Crippen molar-refractivity contribution in [3.63, 3.8) is 0 Å². The van der Waals surface area contributed by atoms with Crippen LogP contribution in [-0.2, 0) is 0 Å². The Morgan fingerprint density at radius 1 is 0.789 bits per heavy atom. The van der Waals surface area contributed by atoms with E-state index in [4.69, 9.17) is 0 Å². The third-order valence-electron chi connectivity index (χ3n) is 3.02. The van der Waals surface area contributed by atoms with Gasteiger partial charge in [0.05, 0.1) is 11.9 Å². The van der Waals surface area contributed by atoms with Crippen molar-refractivity contribution in [3.05, 3.63) is 77.5 Å². The van der Waals surface area contributed by atoms with Crippen LogP contribution in [0.1, 0.15) is 0 Å². The fraction of sp³-hybridized carbons (Fsp3) is 0. The third-order valence-corrected chi connectivity index (χ3v) is 3.02. The van der Waals surface area contributed by atoms with Crippen LogP contribution in [0.25, 0.3) is 22.3 Å². The highest BCUT2D eigenvalue weighted by Gasteiger charge is 2.03. The molecule has 3 aromatic rings. The summed E-state index contributed by atoms with van der Waals surface area (Å²) in [6.07, 6.45) is 2.97. The molecule has 0 aliphatic carbocycles. The Kier molecular flexibility index (Phi) is 2.94. The quantitative estimate of drug-likeness (QED) is 0.757. The molecule has 3 heteroatoms. The zero-order valence-electron chi connectivity index (χ0n) is 10.2. The number of hydrogen-bond donors (Lipinski definition) is 1. The van der Waals surface area contributed by atoms with E-state index in [-0.39, 0.29) is 5.56 Å². The molecule has 0 fully saturated rings. The molecule has 92 valence electrons. The molecule has 0 aliphatic rings. The monoisotopic (exact) mass is 248 g/mol. The van der Waals surface area contributed by atoms with Gasteiger partial charge in [0, 0.05) is 6.20 Å². The van der Waals surface area contributed by atoms with Gasteiger partial charge in [0.2, 0.25) is 0 Å². The maximum atomic E-state index is 11.7. The Hall–Kier alpha value is -2.68.